The van der Waals surface area contributed by atoms with Gasteiger partial charge < -0.3 is 5.32 Å². The van der Waals surface area contributed by atoms with Gasteiger partial charge in [-0.15, -0.1) is 0 Å². The second-order valence-corrected chi connectivity index (χ2v) is 6.06. The van der Waals surface area contributed by atoms with Crippen molar-refractivity contribution in [2.24, 2.45) is 0 Å². The van der Waals surface area contributed by atoms with Crippen molar-refractivity contribution < 1.29 is 0 Å². The third kappa shape index (κ3) is 3.96. The molecular formula is C15H14BrCl2N. The lowest BCUT2D eigenvalue weighted by molar-refractivity contribution is 0.574. The van der Waals surface area contributed by atoms with E-state index in [1.807, 2.05) is 42.5 Å². The molecule has 1 nitrogen and oxygen atoms in total. The van der Waals surface area contributed by atoms with Crippen LogP contribution in [0, 0.1) is 0 Å². The van der Waals surface area contributed by atoms with Crippen molar-refractivity contribution in [2.45, 2.75) is 19.5 Å². The molecule has 4 heteroatoms. The van der Waals surface area contributed by atoms with E-state index in [1.54, 1.807) is 0 Å². The molecule has 0 aliphatic carbocycles. The first-order valence-corrected chi connectivity index (χ1v) is 7.54. The van der Waals surface area contributed by atoms with Gasteiger partial charge in [-0.2, -0.15) is 0 Å². The predicted octanol–water partition coefficient (Wildman–Crippen LogP) is 5.61. The standard InChI is InChI=1S/C15H14BrCl2N/c1-10(13-4-2-3-5-15(13)18)19-9-11-8-12(17)6-7-14(11)16/h2-8,10,19H,9H2,1H3/t10-/m1/s1. The highest BCUT2D eigenvalue weighted by atomic mass is 79.9. The predicted molar refractivity (Wildman–Crippen MR) is 85.9 cm³/mol. The van der Waals surface area contributed by atoms with Crippen molar-refractivity contribution >= 4 is 39.1 Å². The summed E-state index contributed by atoms with van der Waals surface area (Å²) in [5.74, 6) is 0. The van der Waals surface area contributed by atoms with Crippen LogP contribution in [0.25, 0.3) is 0 Å². The van der Waals surface area contributed by atoms with E-state index in [9.17, 15) is 0 Å². The van der Waals surface area contributed by atoms with Crippen LogP contribution in [0.1, 0.15) is 24.1 Å². The average Bonchev–Trinajstić information content (AvgIpc) is 2.40. The van der Waals surface area contributed by atoms with Crippen LogP contribution in [-0.4, -0.2) is 0 Å². The summed E-state index contributed by atoms with van der Waals surface area (Å²) in [5.41, 5.74) is 2.23. The molecule has 0 aromatic heterocycles. The molecule has 0 fully saturated rings. The maximum absolute atomic E-state index is 6.19. The summed E-state index contributed by atoms with van der Waals surface area (Å²) in [6, 6.07) is 13.8. The van der Waals surface area contributed by atoms with Gasteiger partial charge in [-0.05, 0) is 42.3 Å². The van der Waals surface area contributed by atoms with Crippen LogP contribution in [0.3, 0.4) is 0 Å². The third-order valence-corrected chi connectivity index (χ3v) is 4.33. The molecule has 19 heavy (non-hydrogen) atoms. The summed E-state index contributed by atoms with van der Waals surface area (Å²) in [7, 11) is 0. The van der Waals surface area contributed by atoms with Crippen LogP contribution in [0.5, 0.6) is 0 Å². The molecule has 2 aromatic rings. The Morgan fingerprint density at radius 3 is 2.63 bits per heavy atom. The van der Waals surface area contributed by atoms with Crippen molar-refractivity contribution in [3.05, 3.63) is 68.1 Å². The lowest BCUT2D eigenvalue weighted by Crippen LogP contribution is -2.18. The van der Waals surface area contributed by atoms with E-state index in [0.717, 1.165) is 32.2 Å². The van der Waals surface area contributed by atoms with E-state index in [4.69, 9.17) is 23.2 Å². The molecule has 2 aromatic carbocycles. The van der Waals surface area contributed by atoms with E-state index < -0.39 is 0 Å². The van der Waals surface area contributed by atoms with E-state index in [2.05, 4.69) is 28.2 Å². The molecule has 0 saturated carbocycles. The van der Waals surface area contributed by atoms with Gasteiger partial charge >= 0.3 is 0 Å². The Bertz CT molecular complexity index is 572. The minimum atomic E-state index is 0.180. The Labute approximate surface area is 132 Å². The first-order chi connectivity index (χ1) is 9.08. The molecule has 0 saturated heterocycles. The Morgan fingerprint density at radius 1 is 1.16 bits per heavy atom. The molecule has 0 radical (unpaired) electrons. The second kappa shape index (κ2) is 6.76. The minimum Gasteiger partial charge on any atom is -0.306 e. The maximum atomic E-state index is 6.19. The SMILES string of the molecule is C[C@@H](NCc1cc(Cl)ccc1Br)c1ccccc1Cl. The molecule has 0 spiro atoms. The van der Waals surface area contributed by atoms with Crippen LogP contribution < -0.4 is 5.32 Å². The fourth-order valence-corrected chi connectivity index (χ4v) is 2.76. The number of hydrogen-bond acceptors (Lipinski definition) is 1. The van der Waals surface area contributed by atoms with Crippen molar-refractivity contribution in [1.82, 2.24) is 5.32 Å². The van der Waals surface area contributed by atoms with Gasteiger partial charge in [0.1, 0.15) is 0 Å². The van der Waals surface area contributed by atoms with E-state index in [1.165, 1.54) is 0 Å². The number of rotatable bonds is 4. The van der Waals surface area contributed by atoms with Crippen LogP contribution >= 0.6 is 39.1 Å². The smallest absolute Gasteiger partial charge is 0.0453 e. The lowest BCUT2D eigenvalue weighted by atomic mass is 10.1. The second-order valence-electron chi connectivity index (χ2n) is 4.36. The van der Waals surface area contributed by atoms with E-state index >= 15 is 0 Å². The van der Waals surface area contributed by atoms with Gasteiger partial charge in [0.25, 0.3) is 0 Å². The summed E-state index contributed by atoms with van der Waals surface area (Å²) in [6.07, 6.45) is 0. The summed E-state index contributed by atoms with van der Waals surface area (Å²) in [4.78, 5) is 0. The van der Waals surface area contributed by atoms with Gasteiger partial charge in [0, 0.05) is 27.1 Å². The number of hydrogen-bond donors (Lipinski definition) is 1. The summed E-state index contributed by atoms with van der Waals surface area (Å²) in [5, 5.41) is 4.98. The lowest BCUT2D eigenvalue weighted by Gasteiger charge is -2.16. The van der Waals surface area contributed by atoms with Crippen LogP contribution in [-0.2, 0) is 6.54 Å². The van der Waals surface area contributed by atoms with Gasteiger partial charge in [-0.25, -0.2) is 0 Å². The molecule has 0 heterocycles. The Morgan fingerprint density at radius 2 is 1.89 bits per heavy atom. The highest BCUT2D eigenvalue weighted by molar-refractivity contribution is 9.10. The average molecular weight is 359 g/mol. The molecule has 1 atom stereocenters. The molecule has 0 unspecified atom stereocenters. The van der Waals surface area contributed by atoms with Gasteiger partial charge in [0.2, 0.25) is 0 Å². The van der Waals surface area contributed by atoms with Crippen LogP contribution in [0.2, 0.25) is 10.0 Å². The number of nitrogens with one attached hydrogen (secondary N) is 1. The van der Waals surface area contributed by atoms with E-state index in [0.29, 0.717) is 0 Å². The molecular weight excluding hydrogens is 345 g/mol. The normalized spacial score (nSPS) is 12.4. The summed E-state index contributed by atoms with van der Waals surface area (Å²) >= 11 is 15.7. The monoisotopic (exact) mass is 357 g/mol. The highest BCUT2D eigenvalue weighted by Crippen LogP contribution is 2.24. The Balaban J connectivity index is 2.06. The van der Waals surface area contributed by atoms with Crippen molar-refractivity contribution in [3.8, 4) is 0 Å². The fourth-order valence-electron chi connectivity index (χ4n) is 1.88. The Kier molecular flexibility index (Phi) is 5.28. The minimum absolute atomic E-state index is 0.180. The van der Waals surface area contributed by atoms with Gasteiger partial charge in [0.15, 0.2) is 0 Å². The maximum Gasteiger partial charge on any atom is 0.0453 e. The Hall–Kier alpha value is -0.540. The molecule has 100 valence electrons. The number of halogens is 3. The van der Waals surface area contributed by atoms with Crippen molar-refractivity contribution in [2.75, 3.05) is 0 Å². The molecule has 0 aliphatic rings. The van der Waals surface area contributed by atoms with Gasteiger partial charge in [-0.1, -0.05) is 57.3 Å². The largest absolute Gasteiger partial charge is 0.306 e. The fraction of sp³-hybridized carbons (Fsp3) is 0.200. The van der Waals surface area contributed by atoms with Gasteiger partial charge in [0.05, 0.1) is 0 Å². The third-order valence-electron chi connectivity index (χ3n) is 2.98. The molecule has 1 N–H and O–H groups in total. The van der Waals surface area contributed by atoms with E-state index in [-0.39, 0.29) is 6.04 Å². The number of benzene rings is 2. The molecule has 0 bridgehead atoms. The van der Waals surface area contributed by atoms with Crippen molar-refractivity contribution in [1.29, 1.82) is 0 Å². The topological polar surface area (TPSA) is 12.0 Å². The highest BCUT2D eigenvalue weighted by Gasteiger charge is 2.09. The van der Waals surface area contributed by atoms with Crippen molar-refractivity contribution in [3.63, 3.8) is 0 Å². The quantitative estimate of drug-likeness (QED) is 0.749. The molecule has 0 amide bonds. The zero-order valence-corrected chi connectivity index (χ0v) is 13.6. The molecule has 0 aliphatic heterocycles. The first kappa shape index (κ1) is 14.9. The summed E-state index contributed by atoms with van der Waals surface area (Å²) < 4.78 is 1.05. The first-order valence-electron chi connectivity index (χ1n) is 5.99. The summed E-state index contributed by atoms with van der Waals surface area (Å²) in [6.45, 7) is 2.83. The van der Waals surface area contributed by atoms with Crippen LogP contribution in [0.4, 0.5) is 0 Å². The van der Waals surface area contributed by atoms with Crippen LogP contribution in [0.15, 0.2) is 46.9 Å². The van der Waals surface area contributed by atoms with Gasteiger partial charge in [-0.3, -0.25) is 0 Å². The molecule has 2 rings (SSSR count). The zero-order valence-electron chi connectivity index (χ0n) is 10.5. The zero-order chi connectivity index (χ0) is 13.8.